The molecule has 18 heteroatoms. The van der Waals surface area contributed by atoms with Gasteiger partial charge in [-0.25, -0.2) is 9.97 Å². The summed E-state index contributed by atoms with van der Waals surface area (Å²) in [4.78, 5) is 16.9. The van der Waals surface area contributed by atoms with Crippen molar-refractivity contribution in [3.05, 3.63) is 84.8 Å². The third-order valence-corrected chi connectivity index (χ3v) is 9.89. The zero-order chi connectivity index (χ0) is 38.3. The largest absolute Gasteiger partial charge is 0.496 e. The second kappa shape index (κ2) is 14.5. The number of ether oxygens (including phenoxy) is 2. The SMILES string of the molecule is COc1cc(NSc2ccc(Nc3cc4c(-c5ccc6c(cnn6CC(O)(C(F)(F)F)C(F)(F)F)c5C)nccc4cn3)cc2)nc(N2CCOCC2)c1. The third kappa shape index (κ3) is 7.28. The quantitative estimate of drug-likeness (QED) is 0.0931. The molecule has 0 aliphatic carbocycles. The number of hydrogen-bond acceptors (Lipinski definition) is 11. The maximum atomic E-state index is 13.4. The highest BCUT2D eigenvalue weighted by molar-refractivity contribution is 8.00. The maximum Gasteiger partial charge on any atom is 0.428 e. The van der Waals surface area contributed by atoms with Crippen molar-refractivity contribution in [2.75, 3.05) is 48.4 Å². The van der Waals surface area contributed by atoms with Gasteiger partial charge in [-0.05, 0) is 66.9 Å². The molecule has 54 heavy (non-hydrogen) atoms. The standard InChI is InChI=1S/C36H32F6N8O3S/c1-21-26(7-8-29-28(21)19-45-50(29)20-34(51,35(37,38)39)36(40,41)42)33-27-17-30(44-18-22(27)9-10-43-33)46-23-3-5-25(6-4-23)54-48-31-15-24(52-2)16-32(47-31)49-11-13-53-14-12-49/h3-10,15-19,51H,11-14,20H2,1-2H3,(H,44,46)(H,47,48). The number of nitrogens with one attached hydrogen (secondary N) is 2. The molecule has 2 aromatic carbocycles. The van der Waals surface area contributed by atoms with Gasteiger partial charge in [0, 0.05) is 69.9 Å². The van der Waals surface area contributed by atoms with E-state index in [2.05, 4.69) is 30.0 Å². The molecular weight excluding hydrogens is 739 g/mol. The molecule has 0 amide bonds. The van der Waals surface area contributed by atoms with Crippen LogP contribution in [0.25, 0.3) is 32.9 Å². The van der Waals surface area contributed by atoms with E-state index in [1.54, 1.807) is 38.6 Å². The van der Waals surface area contributed by atoms with Crippen LogP contribution < -0.4 is 19.7 Å². The molecule has 1 fully saturated rings. The topological polar surface area (TPSA) is 122 Å². The van der Waals surface area contributed by atoms with Gasteiger partial charge < -0.3 is 29.5 Å². The number of rotatable bonds is 10. The number of aliphatic hydroxyl groups is 1. The van der Waals surface area contributed by atoms with Crippen LogP contribution in [-0.4, -0.2) is 81.2 Å². The van der Waals surface area contributed by atoms with E-state index in [0.29, 0.717) is 62.9 Å². The minimum Gasteiger partial charge on any atom is -0.496 e. The molecule has 1 aliphatic heterocycles. The van der Waals surface area contributed by atoms with Gasteiger partial charge in [0.1, 0.15) is 23.2 Å². The first kappa shape index (κ1) is 37.0. The Hall–Kier alpha value is -5.33. The summed E-state index contributed by atoms with van der Waals surface area (Å²) in [5.74, 6) is 2.64. The molecule has 7 rings (SSSR count). The molecule has 6 aromatic rings. The van der Waals surface area contributed by atoms with Gasteiger partial charge in [0.05, 0.1) is 44.3 Å². The zero-order valence-corrected chi connectivity index (χ0v) is 29.5. The molecular formula is C36H32F6N8O3S. The number of benzene rings is 2. The number of halogens is 6. The molecule has 1 saturated heterocycles. The van der Waals surface area contributed by atoms with Crippen LogP contribution in [0.3, 0.4) is 0 Å². The highest BCUT2D eigenvalue weighted by Crippen LogP contribution is 2.45. The lowest BCUT2D eigenvalue weighted by Gasteiger charge is -2.32. The Morgan fingerprint density at radius 3 is 2.33 bits per heavy atom. The van der Waals surface area contributed by atoms with Crippen molar-refractivity contribution in [1.29, 1.82) is 0 Å². The molecule has 0 radical (unpaired) electrons. The van der Waals surface area contributed by atoms with Crippen LogP contribution in [0.2, 0.25) is 0 Å². The summed E-state index contributed by atoms with van der Waals surface area (Å²) in [6, 6.07) is 17.9. The van der Waals surface area contributed by atoms with E-state index in [0.717, 1.165) is 34.9 Å². The van der Waals surface area contributed by atoms with Gasteiger partial charge in [0.2, 0.25) is 0 Å². The Bertz CT molecular complexity index is 2280. The molecule has 0 saturated carbocycles. The van der Waals surface area contributed by atoms with Gasteiger partial charge in [-0.3, -0.25) is 9.67 Å². The molecule has 5 heterocycles. The second-order valence-electron chi connectivity index (χ2n) is 12.5. The number of pyridine rings is 3. The molecule has 0 atom stereocenters. The summed E-state index contributed by atoms with van der Waals surface area (Å²) in [5, 5.41) is 18.6. The average Bonchev–Trinajstić information content (AvgIpc) is 3.57. The van der Waals surface area contributed by atoms with Crippen LogP contribution in [0.1, 0.15) is 5.56 Å². The van der Waals surface area contributed by atoms with Crippen molar-refractivity contribution in [1.82, 2.24) is 24.7 Å². The van der Waals surface area contributed by atoms with Crippen molar-refractivity contribution in [2.45, 2.75) is 36.3 Å². The van der Waals surface area contributed by atoms with Gasteiger partial charge in [0.15, 0.2) is 0 Å². The van der Waals surface area contributed by atoms with Crippen molar-refractivity contribution in [3.8, 4) is 17.0 Å². The Kier molecular flexibility index (Phi) is 9.92. The molecule has 1 aliphatic rings. The minimum atomic E-state index is -5.98. The van der Waals surface area contributed by atoms with Crippen LogP contribution >= 0.6 is 11.9 Å². The van der Waals surface area contributed by atoms with Crippen LogP contribution in [0.15, 0.2) is 84.1 Å². The Balaban J connectivity index is 1.09. The van der Waals surface area contributed by atoms with E-state index in [1.165, 1.54) is 24.2 Å². The van der Waals surface area contributed by atoms with Gasteiger partial charge >= 0.3 is 12.4 Å². The van der Waals surface area contributed by atoms with E-state index in [1.807, 2.05) is 42.5 Å². The summed E-state index contributed by atoms with van der Waals surface area (Å²) in [7, 11) is 1.61. The van der Waals surface area contributed by atoms with Crippen molar-refractivity contribution < 1.29 is 40.9 Å². The number of nitrogens with zero attached hydrogens (tertiary/aromatic N) is 6. The second-order valence-corrected chi connectivity index (χ2v) is 13.4. The summed E-state index contributed by atoms with van der Waals surface area (Å²) < 4.78 is 95.3. The number of aromatic nitrogens is 5. The van der Waals surface area contributed by atoms with Crippen molar-refractivity contribution in [2.24, 2.45) is 0 Å². The van der Waals surface area contributed by atoms with Crippen LogP contribution in [0.5, 0.6) is 5.75 Å². The first-order chi connectivity index (χ1) is 25.7. The lowest BCUT2D eigenvalue weighted by atomic mass is 9.98. The van der Waals surface area contributed by atoms with Gasteiger partial charge in [-0.1, -0.05) is 6.07 Å². The molecule has 3 N–H and O–H groups in total. The van der Waals surface area contributed by atoms with Crippen LogP contribution in [-0.2, 0) is 11.3 Å². The first-order valence-corrected chi connectivity index (χ1v) is 17.3. The number of morpholine rings is 1. The van der Waals surface area contributed by atoms with E-state index in [9.17, 15) is 31.4 Å². The molecule has 0 unspecified atom stereocenters. The van der Waals surface area contributed by atoms with Crippen molar-refractivity contribution >= 4 is 56.8 Å². The first-order valence-electron chi connectivity index (χ1n) is 16.5. The number of aryl methyl sites for hydroxylation is 1. The highest BCUT2D eigenvalue weighted by Gasteiger charge is 2.70. The fraction of sp³-hybridized carbons (Fsp3) is 0.278. The van der Waals surface area contributed by atoms with Gasteiger partial charge in [0.25, 0.3) is 5.60 Å². The summed E-state index contributed by atoms with van der Waals surface area (Å²) in [6.45, 7) is 2.57. The van der Waals surface area contributed by atoms with Crippen molar-refractivity contribution in [3.63, 3.8) is 0 Å². The number of anilines is 4. The van der Waals surface area contributed by atoms with Crippen LogP contribution in [0, 0.1) is 6.92 Å². The van der Waals surface area contributed by atoms with Gasteiger partial charge in [-0.15, -0.1) is 0 Å². The predicted octanol–water partition coefficient (Wildman–Crippen LogP) is 7.91. The summed E-state index contributed by atoms with van der Waals surface area (Å²) in [6.07, 6.45) is -7.53. The number of alkyl halides is 6. The summed E-state index contributed by atoms with van der Waals surface area (Å²) >= 11 is 1.39. The zero-order valence-electron chi connectivity index (χ0n) is 28.7. The molecule has 4 aromatic heterocycles. The smallest absolute Gasteiger partial charge is 0.428 e. The van der Waals surface area contributed by atoms with Crippen LogP contribution in [0.4, 0.5) is 49.5 Å². The molecule has 11 nitrogen and oxygen atoms in total. The lowest BCUT2D eigenvalue weighted by Crippen LogP contribution is -2.59. The highest BCUT2D eigenvalue weighted by atomic mass is 32.2. The fourth-order valence-electron chi connectivity index (χ4n) is 6.06. The van der Waals surface area contributed by atoms with E-state index < -0.39 is 24.5 Å². The molecule has 0 spiro atoms. The monoisotopic (exact) mass is 770 g/mol. The number of methoxy groups -OCH3 is 1. The molecule has 0 bridgehead atoms. The Morgan fingerprint density at radius 2 is 1.63 bits per heavy atom. The lowest BCUT2D eigenvalue weighted by molar-refractivity contribution is -0.372. The normalized spacial score (nSPS) is 14.1. The minimum absolute atomic E-state index is 0.0123. The number of fused-ring (bicyclic) bond motifs is 2. The Morgan fingerprint density at radius 1 is 0.889 bits per heavy atom. The van der Waals surface area contributed by atoms with E-state index >= 15 is 0 Å². The molecule has 282 valence electrons. The fourth-order valence-corrected chi connectivity index (χ4v) is 6.66. The Labute approximate surface area is 308 Å². The third-order valence-electron chi connectivity index (χ3n) is 9.07. The summed E-state index contributed by atoms with van der Waals surface area (Å²) in [5.41, 5.74) is -2.61. The average molecular weight is 771 g/mol. The maximum absolute atomic E-state index is 13.4. The van der Waals surface area contributed by atoms with Gasteiger partial charge in [-0.2, -0.15) is 31.4 Å². The van der Waals surface area contributed by atoms with E-state index in [-0.39, 0.29) is 5.52 Å². The number of hydrogen-bond donors (Lipinski definition) is 3. The van der Waals surface area contributed by atoms with E-state index in [4.69, 9.17) is 14.5 Å². The predicted molar refractivity (Wildman–Crippen MR) is 193 cm³/mol.